The number of fused-ring (bicyclic) bond motifs is 2. The molecule has 2 aromatic rings. The average Bonchev–Trinajstić information content (AvgIpc) is 2.68. The van der Waals surface area contributed by atoms with Crippen LogP contribution in [0.3, 0.4) is 0 Å². The third-order valence-electron chi connectivity index (χ3n) is 4.46. The Bertz CT molecular complexity index is 892. The quantitative estimate of drug-likeness (QED) is 0.504. The minimum absolute atomic E-state index is 0.0203. The van der Waals surface area contributed by atoms with Crippen molar-refractivity contribution in [2.45, 2.75) is 25.5 Å². The van der Waals surface area contributed by atoms with Crippen molar-refractivity contribution in [1.82, 2.24) is 10.3 Å². The summed E-state index contributed by atoms with van der Waals surface area (Å²) in [6, 6.07) is 6.33. The Morgan fingerprint density at radius 3 is 2.97 bits per heavy atom. The zero-order valence-electron chi connectivity index (χ0n) is 16.0. The molecule has 0 spiro atoms. The summed E-state index contributed by atoms with van der Waals surface area (Å²) in [7, 11) is 0. The Morgan fingerprint density at radius 1 is 1.41 bits per heavy atom. The van der Waals surface area contributed by atoms with Gasteiger partial charge in [-0.1, -0.05) is 12.1 Å². The Hall–Kier alpha value is -3.04. The molecule has 154 valence electrons. The predicted octanol–water partition coefficient (Wildman–Crippen LogP) is 2.45. The highest BCUT2D eigenvalue weighted by Crippen LogP contribution is 2.24. The number of benzene rings is 1. The Balaban J connectivity index is 1.93. The van der Waals surface area contributed by atoms with Crippen LogP contribution < -0.4 is 16.0 Å². The molecule has 0 saturated carbocycles. The summed E-state index contributed by atoms with van der Waals surface area (Å²) < 4.78 is 19.2. The highest BCUT2D eigenvalue weighted by atomic mass is 19.1. The van der Waals surface area contributed by atoms with Crippen molar-refractivity contribution >= 4 is 23.8 Å². The van der Waals surface area contributed by atoms with Crippen molar-refractivity contribution in [2.24, 2.45) is 0 Å². The largest absolute Gasteiger partial charge is 0.390 e. The average molecular weight is 401 g/mol. The van der Waals surface area contributed by atoms with E-state index < -0.39 is 24.0 Å². The first-order valence-electron chi connectivity index (χ1n) is 9.37. The Labute approximate surface area is 168 Å². The van der Waals surface area contributed by atoms with Crippen LogP contribution in [0.4, 0.5) is 20.7 Å². The SMILES string of the molecule is CCNc1c(C=N)cc2nc1C[C@H](O)COC[C@H](c1cccc(F)c1)NC(=O)N2. The van der Waals surface area contributed by atoms with Gasteiger partial charge in [-0.15, -0.1) is 0 Å². The van der Waals surface area contributed by atoms with E-state index in [0.29, 0.717) is 29.1 Å². The van der Waals surface area contributed by atoms with Gasteiger partial charge in [-0.3, -0.25) is 5.32 Å². The van der Waals surface area contributed by atoms with E-state index in [1.54, 1.807) is 18.2 Å². The molecule has 2 amide bonds. The molecule has 1 aromatic heterocycles. The minimum atomic E-state index is -0.836. The van der Waals surface area contributed by atoms with Crippen molar-refractivity contribution in [3.05, 3.63) is 53.0 Å². The van der Waals surface area contributed by atoms with Crippen molar-refractivity contribution in [1.29, 1.82) is 5.41 Å². The number of nitrogens with zero attached hydrogens (tertiary/aromatic N) is 1. The molecule has 1 aromatic carbocycles. The summed E-state index contributed by atoms with van der Waals surface area (Å²) in [5.74, 6) is -0.166. The molecule has 0 saturated heterocycles. The van der Waals surface area contributed by atoms with Crippen LogP contribution in [-0.4, -0.2) is 48.2 Å². The number of amides is 2. The Morgan fingerprint density at radius 2 is 2.24 bits per heavy atom. The number of ether oxygens (including phenoxy) is 1. The van der Waals surface area contributed by atoms with Gasteiger partial charge in [0.05, 0.1) is 36.7 Å². The summed E-state index contributed by atoms with van der Waals surface area (Å²) in [6.07, 6.45) is 0.513. The van der Waals surface area contributed by atoms with Crippen molar-refractivity contribution in [3.8, 4) is 0 Å². The molecule has 1 aliphatic rings. The fourth-order valence-electron chi connectivity index (χ4n) is 3.19. The van der Waals surface area contributed by atoms with Gasteiger partial charge in [-0.2, -0.15) is 0 Å². The second-order valence-electron chi connectivity index (χ2n) is 6.69. The van der Waals surface area contributed by atoms with Crippen LogP contribution in [0.25, 0.3) is 0 Å². The molecule has 3 rings (SSSR count). The number of aliphatic hydroxyl groups excluding tert-OH is 1. The molecule has 1 aliphatic heterocycles. The second kappa shape index (κ2) is 9.44. The van der Waals surface area contributed by atoms with Gasteiger partial charge in [0.15, 0.2) is 0 Å². The van der Waals surface area contributed by atoms with Crippen LogP contribution in [0.2, 0.25) is 0 Å². The summed E-state index contributed by atoms with van der Waals surface area (Å²) in [6.45, 7) is 2.62. The number of aliphatic hydroxyl groups is 1. The number of carbonyl (C=O) groups excluding carboxylic acids is 1. The lowest BCUT2D eigenvalue weighted by Gasteiger charge is -2.23. The molecule has 0 radical (unpaired) electrons. The van der Waals surface area contributed by atoms with Crippen LogP contribution in [-0.2, 0) is 11.2 Å². The summed E-state index contributed by atoms with van der Waals surface area (Å²) in [5.41, 5.74) is 2.26. The molecule has 0 aliphatic carbocycles. The van der Waals surface area contributed by atoms with Crippen LogP contribution in [0.15, 0.2) is 30.3 Å². The second-order valence-corrected chi connectivity index (χ2v) is 6.69. The molecule has 0 fully saturated rings. The Kier molecular flexibility index (Phi) is 6.73. The molecular formula is C20H24FN5O3. The minimum Gasteiger partial charge on any atom is -0.390 e. The van der Waals surface area contributed by atoms with Gasteiger partial charge in [0.2, 0.25) is 0 Å². The van der Waals surface area contributed by atoms with Gasteiger partial charge in [-0.05, 0) is 30.7 Å². The van der Waals surface area contributed by atoms with Gasteiger partial charge in [0.25, 0.3) is 0 Å². The first-order valence-corrected chi connectivity index (χ1v) is 9.37. The fourth-order valence-corrected chi connectivity index (χ4v) is 3.19. The number of halogens is 1. The molecule has 9 heteroatoms. The fraction of sp³-hybridized carbons (Fsp3) is 0.350. The molecule has 8 nitrogen and oxygen atoms in total. The van der Waals surface area contributed by atoms with Crippen LogP contribution >= 0.6 is 0 Å². The monoisotopic (exact) mass is 401 g/mol. The summed E-state index contributed by atoms with van der Waals surface area (Å²) in [4.78, 5) is 16.9. The van der Waals surface area contributed by atoms with E-state index in [0.717, 1.165) is 6.21 Å². The normalized spacial score (nSPS) is 19.9. The lowest BCUT2D eigenvalue weighted by Crippen LogP contribution is -2.36. The molecule has 0 unspecified atom stereocenters. The third kappa shape index (κ3) is 5.27. The first-order chi connectivity index (χ1) is 14.0. The number of urea groups is 1. The van der Waals surface area contributed by atoms with E-state index in [-0.39, 0.29) is 25.5 Å². The van der Waals surface area contributed by atoms with E-state index in [9.17, 15) is 14.3 Å². The van der Waals surface area contributed by atoms with Gasteiger partial charge in [-0.25, -0.2) is 14.2 Å². The predicted molar refractivity (Wildman–Crippen MR) is 108 cm³/mol. The number of anilines is 2. The maximum Gasteiger partial charge on any atom is 0.320 e. The van der Waals surface area contributed by atoms with E-state index in [1.165, 1.54) is 12.1 Å². The van der Waals surface area contributed by atoms with Gasteiger partial charge in [0, 0.05) is 24.7 Å². The molecule has 2 bridgehead atoms. The van der Waals surface area contributed by atoms with E-state index >= 15 is 0 Å². The van der Waals surface area contributed by atoms with Crippen molar-refractivity contribution in [2.75, 3.05) is 30.4 Å². The maximum absolute atomic E-state index is 13.6. The van der Waals surface area contributed by atoms with Gasteiger partial charge in [0.1, 0.15) is 11.6 Å². The first kappa shape index (κ1) is 20.7. The number of nitrogens with one attached hydrogen (secondary N) is 4. The van der Waals surface area contributed by atoms with Gasteiger partial charge >= 0.3 is 6.03 Å². The lowest BCUT2D eigenvalue weighted by atomic mass is 10.1. The van der Waals surface area contributed by atoms with Gasteiger partial charge < -0.3 is 25.9 Å². The van der Waals surface area contributed by atoms with E-state index in [2.05, 4.69) is 20.9 Å². The third-order valence-corrected chi connectivity index (χ3v) is 4.46. The zero-order valence-corrected chi connectivity index (χ0v) is 16.0. The molecule has 2 atom stereocenters. The number of hydrogen-bond donors (Lipinski definition) is 5. The van der Waals surface area contributed by atoms with Crippen molar-refractivity contribution in [3.63, 3.8) is 0 Å². The summed E-state index contributed by atoms with van der Waals surface area (Å²) >= 11 is 0. The topological polar surface area (TPSA) is 119 Å². The highest BCUT2D eigenvalue weighted by Gasteiger charge is 2.21. The highest BCUT2D eigenvalue weighted by molar-refractivity contribution is 5.92. The zero-order chi connectivity index (χ0) is 20.8. The molecular weight excluding hydrogens is 377 g/mol. The molecule has 2 heterocycles. The van der Waals surface area contributed by atoms with Crippen LogP contribution in [0.1, 0.15) is 29.8 Å². The standard InChI is InChI=1S/C20H24FN5O3/c1-2-23-19-13(9-22)7-18-24-16(19)8-15(27)10-29-11-17(25-20(28)26-18)12-4-3-5-14(21)6-12/h3-7,9,15,17,22-23,27H,2,8,10-11H2,1H3,(H2,24,25,26,28)/t15-,17+/m0/s1. The maximum atomic E-state index is 13.6. The molecule has 5 N–H and O–H groups in total. The summed E-state index contributed by atoms with van der Waals surface area (Å²) in [5, 5.41) is 26.6. The van der Waals surface area contributed by atoms with Crippen LogP contribution in [0, 0.1) is 11.2 Å². The van der Waals surface area contributed by atoms with Crippen molar-refractivity contribution < 1.29 is 19.0 Å². The number of pyridine rings is 1. The van der Waals surface area contributed by atoms with E-state index in [1.807, 2.05) is 6.92 Å². The number of hydrogen-bond acceptors (Lipinski definition) is 6. The number of rotatable bonds is 4. The van der Waals surface area contributed by atoms with Crippen LogP contribution in [0.5, 0.6) is 0 Å². The number of aromatic nitrogens is 1. The number of carbonyl (C=O) groups is 1. The lowest BCUT2D eigenvalue weighted by molar-refractivity contribution is 0.0283. The van der Waals surface area contributed by atoms with E-state index in [4.69, 9.17) is 10.1 Å². The molecule has 29 heavy (non-hydrogen) atoms. The smallest absolute Gasteiger partial charge is 0.320 e.